The molecule has 0 saturated carbocycles. The second-order valence-corrected chi connectivity index (χ2v) is 8.90. The number of likely N-dealkylation sites (tertiary alicyclic amines) is 1. The molecule has 2 aliphatic rings. The van der Waals surface area contributed by atoms with Crippen LogP contribution in [0.1, 0.15) is 43.0 Å². The predicted molar refractivity (Wildman–Crippen MR) is 102 cm³/mol. The van der Waals surface area contributed by atoms with E-state index >= 15 is 0 Å². The number of hydrogen-bond donors (Lipinski definition) is 1. The minimum atomic E-state index is -0.872. The zero-order chi connectivity index (χ0) is 19.2. The number of aromatic nitrogens is 2. The number of aryl methyl sites for hydroxylation is 3. The third-order valence-electron chi connectivity index (χ3n) is 5.85. The van der Waals surface area contributed by atoms with Crippen molar-refractivity contribution in [2.75, 3.05) is 13.1 Å². The Kier molecular flexibility index (Phi) is 4.53. The van der Waals surface area contributed by atoms with Gasteiger partial charge < -0.3 is 10.0 Å². The fourth-order valence-electron chi connectivity index (χ4n) is 4.06. The third-order valence-corrected chi connectivity index (χ3v) is 7.05. The Morgan fingerprint density at radius 1 is 1.33 bits per heavy atom. The Balaban J connectivity index is 1.50. The lowest BCUT2D eigenvalue weighted by molar-refractivity contribution is -0.147. The molecule has 1 amide bonds. The summed E-state index contributed by atoms with van der Waals surface area (Å²) >= 11 is 1.61. The van der Waals surface area contributed by atoms with Crippen LogP contribution in [0.3, 0.4) is 0 Å². The van der Waals surface area contributed by atoms with Crippen LogP contribution >= 0.6 is 11.3 Å². The molecule has 2 aromatic heterocycles. The predicted octanol–water partition coefficient (Wildman–Crippen LogP) is 2.05. The van der Waals surface area contributed by atoms with Gasteiger partial charge in [0.1, 0.15) is 4.83 Å². The van der Waals surface area contributed by atoms with E-state index in [2.05, 4.69) is 4.98 Å². The van der Waals surface area contributed by atoms with Crippen molar-refractivity contribution in [1.82, 2.24) is 14.5 Å². The topological polar surface area (TPSA) is 92.5 Å². The normalized spacial score (nSPS) is 22.2. The summed E-state index contributed by atoms with van der Waals surface area (Å²) < 4.78 is 1.52. The van der Waals surface area contributed by atoms with Crippen molar-refractivity contribution in [2.24, 2.45) is 5.41 Å². The van der Waals surface area contributed by atoms with Gasteiger partial charge in [0.15, 0.2) is 0 Å². The van der Waals surface area contributed by atoms with Gasteiger partial charge in [-0.25, -0.2) is 4.98 Å². The van der Waals surface area contributed by atoms with Crippen LogP contribution in [0.25, 0.3) is 10.2 Å². The number of hydrogen-bond acceptors (Lipinski definition) is 5. The first-order chi connectivity index (χ1) is 12.9. The van der Waals surface area contributed by atoms with Crippen LogP contribution in [-0.4, -0.2) is 44.5 Å². The number of amides is 1. The average Bonchev–Trinajstić information content (AvgIpc) is 3.23. The van der Waals surface area contributed by atoms with E-state index in [1.54, 1.807) is 23.2 Å². The summed E-state index contributed by atoms with van der Waals surface area (Å²) in [6, 6.07) is 0. The van der Waals surface area contributed by atoms with Crippen molar-refractivity contribution in [1.29, 1.82) is 0 Å². The number of carbonyl (C=O) groups is 2. The summed E-state index contributed by atoms with van der Waals surface area (Å²) in [6.07, 6.45) is 6.38. The lowest BCUT2D eigenvalue weighted by atomic mass is 9.90. The SMILES string of the molecule is CC1(C(=O)O)CCN(C(=O)CCn2cnc3sc4c(c3c2=O)CCCC4)C1. The molecule has 0 aromatic carbocycles. The molecule has 2 aromatic rings. The lowest BCUT2D eigenvalue weighted by Crippen LogP contribution is -2.35. The highest BCUT2D eigenvalue weighted by Gasteiger charge is 2.41. The summed E-state index contributed by atoms with van der Waals surface area (Å²) in [5, 5.41) is 10.0. The fraction of sp³-hybridized carbons (Fsp3) is 0.579. The van der Waals surface area contributed by atoms with E-state index < -0.39 is 11.4 Å². The molecule has 27 heavy (non-hydrogen) atoms. The van der Waals surface area contributed by atoms with Gasteiger partial charge in [-0.1, -0.05) is 0 Å². The quantitative estimate of drug-likeness (QED) is 0.864. The summed E-state index contributed by atoms with van der Waals surface area (Å²) in [4.78, 5) is 44.9. The molecule has 4 rings (SSSR count). The molecule has 1 aliphatic heterocycles. The summed E-state index contributed by atoms with van der Waals surface area (Å²) in [6.45, 7) is 2.62. The molecule has 1 atom stereocenters. The first kappa shape index (κ1) is 18.2. The Labute approximate surface area is 160 Å². The van der Waals surface area contributed by atoms with Crippen molar-refractivity contribution in [2.45, 2.75) is 52.0 Å². The van der Waals surface area contributed by atoms with Crippen LogP contribution < -0.4 is 5.56 Å². The average molecular weight is 389 g/mol. The molecule has 144 valence electrons. The minimum Gasteiger partial charge on any atom is -0.481 e. The maximum atomic E-state index is 12.9. The smallest absolute Gasteiger partial charge is 0.311 e. The molecule has 1 unspecified atom stereocenters. The third kappa shape index (κ3) is 3.16. The van der Waals surface area contributed by atoms with Gasteiger partial charge >= 0.3 is 5.97 Å². The summed E-state index contributed by atoms with van der Waals surface area (Å²) in [5.74, 6) is -0.981. The zero-order valence-electron chi connectivity index (χ0n) is 15.4. The highest BCUT2D eigenvalue weighted by atomic mass is 32.1. The van der Waals surface area contributed by atoms with E-state index in [1.165, 1.54) is 15.8 Å². The molecule has 8 heteroatoms. The number of aliphatic carboxylic acids is 1. The first-order valence-corrected chi connectivity index (χ1v) is 10.2. The van der Waals surface area contributed by atoms with Crippen LogP contribution in [0.2, 0.25) is 0 Å². The van der Waals surface area contributed by atoms with Gasteiger partial charge in [-0.05, 0) is 44.6 Å². The largest absolute Gasteiger partial charge is 0.481 e. The highest BCUT2D eigenvalue weighted by Crippen LogP contribution is 2.33. The van der Waals surface area contributed by atoms with Gasteiger partial charge in [-0.15, -0.1) is 11.3 Å². The number of thiophene rings is 1. The zero-order valence-corrected chi connectivity index (χ0v) is 16.2. The molecular weight excluding hydrogens is 366 g/mol. The van der Waals surface area contributed by atoms with Crippen LogP contribution in [0.5, 0.6) is 0 Å². The Morgan fingerprint density at radius 2 is 2.11 bits per heavy atom. The number of carboxylic acid groups (broad SMARTS) is 1. The summed E-state index contributed by atoms with van der Waals surface area (Å²) in [7, 11) is 0. The van der Waals surface area contributed by atoms with E-state index in [1.807, 2.05) is 0 Å². The van der Waals surface area contributed by atoms with Crippen molar-refractivity contribution in [3.63, 3.8) is 0 Å². The molecule has 1 fully saturated rings. The van der Waals surface area contributed by atoms with Gasteiger partial charge in [-0.2, -0.15) is 0 Å². The second-order valence-electron chi connectivity index (χ2n) is 7.82. The molecule has 0 spiro atoms. The Bertz CT molecular complexity index is 979. The number of nitrogens with zero attached hydrogens (tertiary/aromatic N) is 3. The molecule has 1 saturated heterocycles. The highest BCUT2D eigenvalue weighted by molar-refractivity contribution is 7.18. The van der Waals surface area contributed by atoms with Crippen LogP contribution in [0.4, 0.5) is 0 Å². The Morgan fingerprint density at radius 3 is 2.85 bits per heavy atom. The maximum Gasteiger partial charge on any atom is 0.311 e. The van der Waals surface area contributed by atoms with E-state index in [4.69, 9.17) is 0 Å². The van der Waals surface area contributed by atoms with Gasteiger partial charge in [0, 0.05) is 30.9 Å². The molecular formula is C19H23N3O4S. The van der Waals surface area contributed by atoms with E-state index in [-0.39, 0.29) is 31.0 Å². The van der Waals surface area contributed by atoms with Gasteiger partial charge in [0.25, 0.3) is 5.56 Å². The standard InChI is InChI=1S/C19H23N3O4S/c1-19(18(25)26)7-9-21(10-19)14(23)6-8-22-11-20-16-15(17(22)24)12-4-2-3-5-13(12)27-16/h11H,2-10H2,1H3,(H,25,26). The van der Waals surface area contributed by atoms with Gasteiger partial charge in [0.2, 0.25) is 5.91 Å². The lowest BCUT2D eigenvalue weighted by Gasteiger charge is -2.20. The minimum absolute atomic E-state index is 0.0657. The maximum absolute atomic E-state index is 12.9. The molecule has 0 radical (unpaired) electrons. The van der Waals surface area contributed by atoms with Crippen molar-refractivity contribution in [3.05, 3.63) is 27.1 Å². The second kappa shape index (κ2) is 6.74. The number of carboxylic acids is 1. The molecule has 7 nitrogen and oxygen atoms in total. The number of rotatable bonds is 4. The van der Waals surface area contributed by atoms with Crippen molar-refractivity contribution >= 4 is 33.4 Å². The number of carbonyl (C=O) groups excluding carboxylic acids is 1. The van der Waals surface area contributed by atoms with E-state index in [9.17, 15) is 19.5 Å². The monoisotopic (exact) mass is 389 g/mol. The van der Waals surface area contributed by atoms with E-state index in [0.717, 1.165) is 41.5 Å². The Hall–Kier alpha value is -2.22. The van der Waals surface area contributed by atoms with E-state index in [0.29, 0.717) is 13.0 Å². The van der Waals surface area contributed by atoms with Crippen molar-refractivity contribution in [3.8, 4) is 0 Å². The first-order valence-electron chi connectivity index (χ1n) is 9.40. The number of fused-ring (bicyclic) bond motifs is 3. The van der Waals surface area contributed by atoms with Crippen molar-refractivity contribution < 1.29 is 14.7 Å². The molecule has 3 heterocycles. The molecule has 1 aliphatic carbocycles. The van der Waals surface area contributed by atoms with Gasteiger partial charge in [-0.3, -0.25) is 19.0 Å². The van der Waals surface area contributed by atoms with Crippen LogP contribution in [0, 0.1) is 5.41 Å². The fourth-order valence-corrected chi connectivity index (χ4v) is 5.28. The molecule has 0 bridgehead atoms. The van der Waals surface area contributed by atoms with Crippen LogP contribution in [0.15, 0.2) is 11.1 Å². The summed E-state index contributed by atoms with van der Waals surface area (Å²) in [5.41, 5.74) is 0.211. The molecule has 1 N–H and O–H groups in total. The van der Waals surface area contributed by atoms with Gasteiger partial charge in [0.05, 0.1) is 17.1 Å². The van der Waals surface area contributed by atoms with Crippen LogP contribution in [-0.2, 0) is 29.0 Å².